The lowest BCUT2D eigenvalue weighted by molar-refractivity contribution is -0.136. The normalized spacial score (nSPS) is 32.4. The fraction of sp³-hybridized carbons (Fsp3) is 0.824. The van der Waals surface area contributed by atoms with Crippen LogP contribution in [0.2, 0.25) is 0 Å². The van der Waals surface area contributed by atoms with Crippen LogP contribution in [0.3, 0.4) is 0 Å². The number of urea groups is 1. The van der Waals surface area contributed by atoms with Gasteiger partial charge in [-0.1, -0.05) is 19.3 Å². The number of rotatable bonds is 4. The molecule has 3 aliphatic rings. The van der Waals surface area contributed by atoms with Gasteiger partial charge >= 0.3 is 6.03 Å². The summed E-state index contributed by atoms with van der Waals surface area (Å²) in [7, 11) is 0. The van der Waals surface area contributed by atoms with Gasteiger partial charge in [-0.2, -0.15) is 0 Å². The van der Waals surface area contributed by atoms with E-state index in [9.17, 15) is 14.4 Å². The summed E-state index contributed by atoms with van der Waals surface area (Å²) in [6.07, 6.45) is 7.71. The molecule has 3 rings (SSSR count). The van der Waals surface area contributed by atoms with E-state index < -0.39 is 5.92 Å². The summed E-state index contributed by atoms with van der Waals surface area (Å²) in [6, 6.07) is 0.196. The van der Waals surface area contributed by atoms with Crippen LogP contribution in [0.5, 0.6) is 0 Å². The van der Waals surface area contributed by atoms with Crippen LogP contribution in [0.4, 0.5) is 4.79 Å². The Hall–Kier alpha value is -1.59. The molecule has 1 saturated heterocycles. The second-order valence-electron chi connectivity index (χ2n) is 7.31. The van der Waals surface area contributed by atoms with E-state index in [4.69, 9.17) is 0 Å². The molecule has 128 valence electrons. The maximum Gasteiger partial charge on any atom is 0.315 e. The molecule has 3 N–H and O–H groups in total. The Kier molecular flexibility index (Phi) is 4.87. The minimum atomic E-state index is -0.563. The summed E-state index contributed by atoms with van der Waals surface area (Å²) in [5.74, 6) is -0.543. The summed E-state index contributed by atoms with van der Waals surface area (Å²) in [6.45, 7) is 1.73. The van der Waals surface area contributed by atoms with Crippen molar-refractivity contribution in [3.63, 3.8) is 0 Å². The second-order valence-corrected chi connectivity index (χ2v) is 7.31. The smallest absolute Gasteiger partial charge is 0.315 e. The molecule has 0 aromatic rings. The average molecular weight is 321 g/mol. The van der Waals surface area contributed by atoms with Gasteiger partial charge in [0, 0.05) is 12.0 Å². The standard InChI is InChI=1S/C17H27N3O3/c1-10(15(21)11-5-3-2-4-6-11)16(22)18-12-7-8-13-14(9-12)20-17(23)19-13/h10-14H,2-9H2,1H3,(H,18,22)(H2,19,20,23). The molecule has 1 aliphatic heterocycles. The van der Waals surface area contributed by atoms with Crippen LogP contribution >= 0.6 is 0 Å². The van der Waals surface area contributed by atoms with Crippen LogP contribution in [0.25, 0.3) is 0 Å². The molecule has 4 atom stereocenters. The monoisotopic (exact) mass is 321 g/mol. The predicted octanol–water partition coefficient (Wildman–Crippen LogP) is 1.49. The first-order chi connectivity index (χ1) is 11.0. The van der Waals surface area contributed by atoms with Gasteiger partial charge < -0.3 is 16.0 Å². The number of amides is 3. The lowest BCUT2D eigenvalue weighted by atomic mass is 9.81. The molecule has 6 heteroatoms. The Morgan fingerprint density at radius 1 is 1.04 bits per heavy atom. The third-order valence-corrected chi connectivity index (χ3v) is 5.66. The van der Waals surface area contributed by atoms with E-state index in [-0.39, 0.29) is 41.8 Å². The highest BCUT2D eigenvalue weighted by Crippen LogP contribution is 2.27. The first-order valence-corrected chi connectivity index (χ1v) is 8.95. The van der Waals surface area contributed by atoms with Gasteiger partial charge in [0.2, 0.25) is 5.91 Å². The molecule has 0 bridgehead atoms. The van der Waals surface area contributed by atoms with Crippen LogP contribution in [0, 0.1) is 11.8 Å². The zero-order chi connectivity index (χ0) is 16.4. The molecular formula is C17H27N3O3. The van der Waals surface area contributed by atoms with E-state index in [2.05, 4.69) is 16.0 Å². The second kappa shape index (κ2) is 6.89. The average Bonchev–Trinajstić information content (AvgIpc) is 2.93. The van der Waals surface area contributed by atoms with Crippen molar-refractivity contribution in [2.75, 3.05) is 0 Å². The Bertz CT molecular complexity index is 487. The van der Waals surface area contributed by atoms with Crippen molar-refractivity contribution in [3.8, 4) is 0 Å². The van der Waals surface area contributed by atoms with Crippen LogP contribution in [-0.2, 0) is 9.59 Å². The van der Waals surface area contributed by atoms with Crippen LogP contribution in [-0.4, -0.2) is 35.8 Å². The molecule has 23 heavy (non-hydrogen) atoms. The third kappa shape index (κ3) is 3.67. The van der Waals surface area contributed by atoms with Crippen molar-refractivity contribution in [3.05, 3.63) is 0 Å². The Labute approximate surface area is 137 Å². The number of nitrogens with one attached hydrogen (secondary N) is 3. The van der Waals surface area contributed by atoms with Gasteiger partial charge in [-0.05, 0) is 39.0 Å². The molecular weight excluding hydrogens is 294 g/mol. The topological polar surface area (TPSA) is 87.3 Å². The van der Waals surface area contributed by atoms with Crippen LogP contribution in [0.15, 0.2) is 0 Å². The molecule has 6 nitrogen and oxygen atoms in total. The van der Waals surface area contributed by atoms with E-state index in [1.54, 1.807) is 6.92 Å². The van der Waals surface area contributed by atoms with Crippen molar-refractivity contribution in [2.45, 2.75) is 76.4 Å². The predicted molar refractivity (Wildman–Crippen MR) is 85.8 cm³/mol. The van der Waals surface area contributed by atoms with Gasteiger partial charge in [-0.25, -0.2) is 4.79 Å². The largest absolute Gasteiger partial charge is 0.353 e. The van der Waals surface area contributed by atoms with Crippen molar-refractivity contribution in [1.82, 2.24) is 16.0 Å². The lowest BCUT2D eigenvalue weighted by Gasteiger charge is -2.32. The van der Waals surface area contributed by atoms with E-state index in [0.717, 1.165) is 44.9 Å². The maximum atomic E-state index is 12.5. The zero-order valence-electron chi connectivity index (χ0n) is 13.8. The summed E-state index contributed by atoms with van der Waals surface area (Å²) < 4.78 is 0. The van der Waals surface area contributed by atoms with Gasteiger partial charge in [0.15, 0.2) is 0 Å². The number of carbonyl (C=O) groups is 3. The van der Waals surface area contributed by atoms with Gasteiger partial charge in [-0.15, -0.1) is 0 Å². The highest BCUT2D eigenvalue weighted by atomic mass is 16.2. The number of Topliss-reactive ketones (excluding diaryl/α,β-unsaturated/α-hetero) is 1. The van der Waals surface area contributed by atoms with E-state index in [1.165, 1.54) is 6.42 Å². The Morgan fingerprint density at radius 3 is 2.48 bits per heavy atom. The number of carbonyl (C=O) groups excluding carboxylic acids is 3. The lowest BCUT2D eigenvalue weighted by Crippen LogP contribution is -2.49. The van der Waals surface area contributed by atoms with Crippen molar-refractivity contribution in [2.24, 2.45) is 11.8 Å². The fourth-order valence-corrected chi connectivity index (χ4v) is 4.21. The van der Waals surface area contributed by atoms with Gasteiger partial charge in [0.05, 0.1) is 18.0 Å². The SMILES string of the molecule is CC(C(=O)NC1CCC2NC(=O)NC2C1)C(=O)C1CCCCC1. The molecule has 3 amide bonds. The minimum absolute atomic E-state index is 0.0468. The molecule has 4 unspecified atom stereocenters. The summed E-state index contributed by atoms with van der Waals surface area (Å²) in [5.41, 5.74) is 0. The number of ketones is 1. The maximum absolute atomic E-state index is 12.5. The van der Waals surface area contributed by atoms with Gasteiger partial charge in [0.25, 0.3) is 0 Å². The van der Waals surface area contributed by atoms with Crippen LogP contribution < -0.4 is 16.0 Å². The Balaban J connectivity index is 1.50. The van der Waals surface area contributed by atoms with Gasteiger partial charge in [-0.3, -0.25) is 9.59 Å². The van der Waals surface area contributed by atoms with E-state index in [0.29, 0.717) is 0 Å². The number of fused-ring (bicyclic) bond motifs is 1. The Morgan fingerprint density at radius 2 is 1.74 bits per heavy atom. The summed E-state index contributed by atoms with van der Waals surface area (Å²) in [5, 5.41) is 8.82. The van der Waals surface area contributed by atoms with E-state index in [1.807, 2.05) is 0 Å². The van der Waals surface area contributed by atoms with Crippen LogP contribution in [0.1, 0.15) is 58.3 Å². The quantitative estimate of drug-likeness (QED) is 0.686. The van der Waals surface area contributed by atoms with Crippen molar-refractivity contribution < 1.29 is 14.4 Å². The minimum Gasteiger partial charge on any atom is -0.353 e. The molecule has 3 fully saturated rings. The molecule has 2 saturated carbocycles. The first kappa shape index (κ1) is 16.3. The molecule has 0 aromatic carbocycles. The zero-order valence-corrected chi connectivity index (χ0v) is 13.8. The molecule has 2 aliphatic carbocycles. The summed E-state index contributed by atoms with van der Waals surface area (Å²) in [4.78, 5) is 36.3. The van der Waals surface area contributed by atoms with E-state index >= 15 is 0 Å². The molecule has 0 spiro atoms. The highest BCUT2D eigenvalue weighted by Gasteiger charge is 2.38. The molecule has 0 radical (unpaired) electrons. The first-order valence-electron chi connectivity index (χ1n) is 8.95. The molecule has 1 heterocycles. The highest BCUT2D eigenvalue weighted by molar-refractivity contribution is 6.02. The van der Waals surface area contributed by atoms with Crippen molar-refractivity contribution >= 4 is 17.7 Å². The number of hydrogen-bond donors (Lipinski definition) is 3. The molecule has 0 aromatic heterocycles. The fourth-order valence-electron chi connectivity index (χ4n) is 4.21. The number of hydrogen-bond acceptors (Lipinski definition) is 3. The van der Waals surface area contributed by atoms with Crippen molar-refractivity contribution in [1.29, 1.82) is 0 Å². The van der Waals surface area contributed by atoms with Gasteiger partial charge in [0.1, 0.15) is 5.78 Å². The summed E-state index contributed by atoms with van der Waals surface area (Å²) >= 11 is 0. The third-order valence-electron chi connectivity index (χ3n) is 5.66.